The van der Waals surface area contributed by atoms with Crippen LogP contribution in [0.5, 0.6) is 5.75 Å². The number of carbonyl (C=O) groups excluding carboxylic acids is 1. The lowest BCUT2D eigenvalue weighted by atomic mass is 10.1. The first-order chi connectivity index (χ1) is 17.7. The number of hydrogen-bond acceptors (Lipinski definition) is 6. The van der Waals surface area contributed by atoms with Gasteiger partial charge >= 0.3 is 0 Å². The van der Waals surface area contributed by atoms with E-state index in [0.29, 0.717) is 40.7 Å². The smallest absolute Gasteiger partial charge is 0.254 e. The van der Waals surface area contributed by atoms with Gasteiger partial charge in [-0.05, 0) is 62.6 Å². The molecule has 8 nitrogen and oxygen atoms in total. The van der Waals surface area contributed by atoms with Crippen LogP contribution in [0.15, 0.2) is 59.9 Å². The van der Waals surface area contributed by atoms with Crippen molar-refractivity contribution in [1.82, 2.24) is 14.5 Å². The van der Waals surface area contributed by atoms with Gasteiger partial charge in [0, 0.05) is 29.8 Å². The number of nitrogens with zero attached hydrogens (tertiary/aromatic N) is 3. The van der Waals surface area contributed by atoms with Gasteiger partial charge in [-0.1, -0.05) is 29.8 Å². The Morgan fingerprint density at radius 3 is 2.70 bits per heavy atom. The van der Waals surface area contributed by atoms with Gasteiger partial charge < -0.3 is 18.9 Å². The molecule has 2 aromatic carbocycles. The lowest BCUT2D eigenvalue weighted by Crippen LogP contribution is -2.37. The molecule has 1 fully saturated rings. The zero-order valence-corrected chi connectivity index (χ0v) is 22.8. The van der Waals surface area contributed by atoms with Crippen molar-refractivity contribution < 1.29 is 22.7 Å². The van der Waals surface area contributed by atoms with Crippen molar-refractivity contribution in [1.29, 1.82) is 0 Å². The van der Waals surface area contributed by atoms with E-state index in [0.717, 1.165) is 12.8 Å². The fourth-order valence-electron chi connectivity index (χ4n) is 4.57. The lowest BCUT2D eigenvalue weighted by molar-refractivity contribution is 0.0500. The second kappa shape index (κ2) is 11.7. The van der Waals surface area contributed by atoms with Crippen LogP contribution in [-0.2, 0) is 26.9 Å². The fraction of sp³-hybridized carbons (Fsp3) is 0.407. The number of carbonyl (C=O) groups is 1. The summed E-state index contributed by atoms with van der Waals surface area (Å²) < 4.78 is 39.6. The van der Waals surface area contributed by atoms with Gasteiger partial charge in [0.25, 0.3) is 5.91 Å². The molecule has 0 N–H and O–H groups in total. The third kappa shape index (κ3) is 6.52. The summed E-state index contributed by atoms with van der Waals surface area (Å²) in [6, 6.07) is 13.6. The first-order valence-electron chi connectivity index (χ1n) is 12.3. The molecule has 1 atom stereocenters. The van der Waals surface area contributed by atoms with Crippen LogP contribution in [-0.4, -0.2) is 55.1 Å². The van der Waals surface area contributed by atoms with Crippen molar-refractivity contribution in [2.45, 2.75) is 56.3 Å². The maximum Gasteiger partial charge on any atom is 0.254 e. The van der Waals surface area contributed by atoms with Gasteiger partial charge in [0.1, 0.15) is 5.75 Å². The van der Waals surface area contributed by atoms with E-state index in [1.807, 2.05) is 13.8 Å². The molecule has 1 aliphatic heterocycles. The van der Waals surface area contributed by atoms with E-state index in [4.69, 9.17) is 21.1 Å². The minimum absolute atomic E-state index is 0.0247. The number of ether oxygens (including phenoxy) is 2. The predicted octanol–water partition coefficient (Wildman–Crippen LogP) is 4.92. The fourth-order valence-corrected chi connectivity index (χ4v) is 6.38. The van der Waals surface area contributed by atoms with Gasteiger partial charge in [-0.15, -0.1) is 0 Å². The molecule has 3 aromatic rings. The van der Waals surface area contributed by atoms with Crippen molar-refractivity contribution in [2.75, 3.05) is 20.3 Å². The summed E-state index contributed by atoms with van der Waals surface area (Å²) in [5.41, 5.74) is 1.70. The van der Waals surface area contributed by atoms with E-state index >= 15 is 0 Å². The first-order valence-corrected chi connectivity index (χ1v) is 14.3. The third-order valence-corrected chi connectivity index (χ3v) is 8.09. The molecule has 0 saturated carbocycles. The average Bonchev–Trinajstić information content (AvgIpc) is 3.53. The second-order valence-corrected chi connectivity index (χ2v) is 11.8. The number of rotatable bonds is 10. The van der Waals surface area contributed by atoms with Crippen molar-refractivity contribution in [3.63, 3.8) is 0 Å². The summed E-state index contributed by atoms with van der Waals surface area (Å²) in [6.45, 7) is 5.05. The minimum atomic E-state index is -3.78. The number of sulfone groups is 1. The number of methoxy groups -OCH3 is 1. The van der Waals surface area contributed by atoms with Crippen molar-refractivity contribution in [3.05, 3.63) is 76.6 Å². The molecule has 2 heterocycles. The molecule has 1 aliphatic rings. The number of benzene rings is 2. The van der Waals surface area contributed by atoms with E-state index in [2.05, 4.69) is 4.98 Å². The van der Waals surface area contributed by atoms with E-state index in [-0.39, 0.29) is 35.5 Å². The normalized spacial score (nSPS) is 15.8. The maximum absolute atomic E-state index is 13.6. The zero-order chi connectivity index (χ0) is 26.6. The Morgan fingerprint density at radius 1 is 1.24 bits per heavy atom. The van der Waals surface area contributed by atoms with Gasteiger partial charge in [-0.2, -0.15) is 0 Å². The summed E-state index contributed by atoms with van der Waals surface area (Å²) in [6.07, 6.45) is 3.29. The summed E-state index contributed by atoms with van der Waals surface area (Å²) in [7, 11) is -2.22. The topological polar surface area (TPSA) is 90.7 Å². The van der Waals surface area contributed by atoms with Crippen LogP contribution in [0.1, 0.15) is 54.3 Å². The highest BCUT2D eigenvalue weighted by Gasteiger charge is 2.29. The standard InChI is InChI=1S/C27H32ClN3O5S/c1-19(2)31-23(15-29-27(31)37(33,34)18-20-7-4-9-22(28)13-20)16-30(17-25-11-6-12-36-25)26(32)21-8-5-10-24(14-21)35-3/h4-5,7-10,13-15,19,25H,6,11-12,16-18H2,1-3H3/t25-/m0/s1. The summed E-state index contributed by atoms with van der Waals surface area (Å²) >= 11 is 6.06. The molecule has 0 unspecified atom stereocenters. The molecular weight excluding hydrogens is 514 g/mol. The molecule has 0 spiro atoms. The van der Waals surface area contributed by atoms with Gasteiger partial charge in [0.15, 0.2) is 0 Å². The molecule has 10 heteroatoms. The quantitative estimate of drug-likeness (QED) is 0.359. The van der Waals surface area contributed by atoms with Gasteiger partial charge in [0.2, 0.25) is 15.0 Å². The number of amides is 1. The van der Waals surface area contributed by atoms with Gasteiger partial charge in [0.05, 0.1) is 37.4 Å². The molecule has 198 valence electrons. The highest BCUT2D eigenvalue weighted by Crippen LogP contribution is 2.25. The van der Waals surface area contributed by atoms with E-state index in [1.54, 1.807) is 71.3 Å². The maximum atomic E-state index is 13.6. The van der Waals surface area contributed by atoms with Crippen molar-refractivity contribution in [2.24, 2.45) is 0 Å². The molecule has 4 rings (SSSR count). The lowest BCUT2D eigenvalue weighted by Gasteiger charge is -2.27. The van der Waals surface area contributed by atoms with Crippen LogP contribution < -0.4 is 4.74 Å². The molecule has 1 amide bonds. The van der Waals surface area contributed by atoms with Crippen LogP contribution in [0.25, 0.3) is 0 Å². The molecule has 1 saturated heterocycles. The molecule has 0 bridgehead atoms. The van der Waals surface area contributed by atoms with Crippen LogP contribution in [0.2, 0.25) is 5.02 Å². The number of aromatic nitrogens is 2. The number of halogens is 1. The van der Waals surface area contributed by atoms with E-state index < -0.39 is 9.84 Å². The minimum Gasteiger partial charge on any atom is -0.497 e. The Hall–Kier alpha value is -2.88. The highest BCUT2D eigenvalue weighted by atomic mass is 35.5. The van der Waals surface area contributed by atoms with Crippen molar-refractivity contribution >= 4 is 27.3 Å². The zero-order valence-electron chi connectivity index (χ0n) is 21.3. The van der Waals surface area contributed by atoms with Gasteiger partial charge in [-0.3, -0.25) is 4.79 Å². The summed E-state index contributed by atoms with van der Waals surface area (Å²) in [4.78, 5) is 19.6. The second-order valence-electron chi connectivity index (χ2n) is 9.44. The Bertz CT molecular complexity index is 1350. The van der Waals surface area contributed by atoms with Gasteiger partial charge in [-0.25, -0.2) is 13.4 Å². The van der Waals surface area contributed by atoms with Crippen LogP contribution >= 0.6 is 11.6 Å². The third-order valence-electron chi connectivity index (χ3n) is 6.28. The van der Waals surface area contributed by atoms with Crippen molar-refractivity contribution in [3.8, 4) is 5.75 Å². The molecule has 0 aliphatic carbocycles. The highest BCUT2D eigenvalue weighted by molar-refractivity contribution is 7.90. The summed E-state index contributed by atoms with van der Waals surface area (Å²) in [5, 5.41) is 0.449. The Kier molecular flexibility index (Phi) is 8.56. The predicted molar refractivity (Wildman–Crippen MR) is 142 cm³/mol. The monoisotopic (exact) mass is 545 g/mol. The number of hydrogen-bond donors (Lipinski definition) is 0. The Balaban J connectivity index is 1.66. The SMILES string of the molecule is COc1cccc(C(=O)N(Cc2cnc(S(=O)(=O)Cc3cccc(Cl)c3)n2C(C)C)C[C@@H]2CCCO2)c1. The average molecular weight is 546 g/mol. The summed E-state index contributed by atoms with van der Waals surface area (Å²) in [5.74, 6) is 0.179. The van der Waals surface area contributed by atoms with E-state index in [9.17, 15) is 13.2 Å². The molecule has 0 radical (unpaired) electrons. The van der Waals surface area contributed by atoms with Crippen LogP contribution in [0.4, 0.5) is 0 Å². The van der Waals surface area contributed by atoms with Crippen LogP contribution in [0, 0.1) is 0 Å². The van der Waals surface area contributed by atoms with E-state index in [1.165, 1.54) is 0 Å². The van der Waals surface area contributed by atoms with Crippen LogP contribution in [0.3, 0.4) is 0 Å². The first kappa shape index (κ1) is 27.2. The molecule has 37 heavy (non-hydrogen) atoms. The number of imidazole rings is 1. The molecular formula is C27H32ClN3O5S. The Morgan fingerprint density at radius 2 is 2.03 bits per heavy atom. The Labute approximate surface area is 223 Å². The largest absolute Gasteiger partial charge is 0.497 e. The molecule has 1 aromatic heterocycles.